The van der Waals surface area contributed by atoms with Gasteiger partial charge < -0.3 is 19.4 Å². The van der Waals surface area contributed by atoms with Crippen LogP contribution in [0, 0.1) is 5.82 Å². The zero-order valence-corrected chi connectivity index (χ0v) is 18.8. The standard InChI is InChI=1S/C26H25FN2O5/c1-2-33-25(31)11-10-24(30)28-21-5-3-4-18(14-21)23-15-19-16-29(13-12-22(19)34-23)26(32)17-6-8-20(27)9-7-17/h3-9,14-15H,2,10-13,16H2,1H3,(H,28,30). The Morgan fingerprint density at radius 2 is 1.88 bits per heavy atom. The maximum atomic E-state index is 13.2. The lowest BCUT2D eigenvalue weighted by atomic mass is 10.1. The van der Waals surface area contributed by atoms with Crippen LogP contribution in [0.5, 0.6) is 0 Å². The van der Waals surface area contributed by atoms with E-state index < -0.39 is 5.97 Å². The summed E-state index contributed by atoms with van der Waals surface area (Å²) >= 11 is 0. The minimum Gasteiger partial charge on any atom is -0.466 e. The molecule has 1 aliphatic rings. The van der Waals surface area contributed by atoms with Crippen LogP contribution in [0.4, 0.5) is 10.1 Å². The van der Waals surface area contributed by atoms with Crippen LogP contribution in [0.25, 0.3) is 11.3 Å². The molecule has 4 rings (SSSR count). The van der Waals surface area contributed by atoms with Crippen molar-refractivity contribution in [2.75, 3.05) is 18.5 Å². The van der Waals surface area contributed by atoms with Gasteiger partial charge in [-0.1, -0.05) is 12.1 Å². The third-order valence-electron chi connectivity index (χ3n) is 5.54. The Balaban J connectivity index is 1.42. The first kappa shape index (κ1) is 23.2. The summed E-state index contributed by atoms with van der Waals surface area (Å²) in [6.45, 7) is 2.91. The summed E-state index contributed by atoms with van der Waals surface area (Å²) in [7, 11) is 0. The lowest BCUT2D eigenvalue weighted by Gasteiger charge is -2.26. The number of hydrogen-bond donors (Lipinski definition) is 1. The Bertz CT molecular complexity index is 1200. The highest BCUT2D eigenvalue weighted by molar-refractivity contribution is 5.94. The summed E-state index contributed by atoms with van der Waals surface area (Å²) in [6.07, 6.45) is 0.639. The van der Waals surface area contributed by atoms with Gasteiger partial charge in [0.1, 0.15) is 17.3 Å². The molecule has 0 fully saturated rings. The van der Waals surface area contributed by atoms with Gasteiger partial charge >= 0.3 is 5.97 Å². The van der Waals surface area contributed by atoms with E-state index in [4.69, 9.17) is 9.15 Å². The minimum atomic E-state index is -0.403. The molecule has 1 aromatic heterocycles. The van der Waals surface area contributed by atoms with Gasteiger partial charge in [-0.05, 0) is 49.4 Å². The van der Waals surface area contributed by atoms with Gasteiger partial charge in [-0.25, -0.2) is 4.39 Å². The highest BCUT2D eigenvalue weighted by Crippen LogP contribution is 2.31. The number of benzene rings is 2. The molecule has 0 aliphatic carbocycles. The first-order valence-electron chi connectivity index (χ1n) is 11.1. The summed E-state index contributed by atoms with van der Waals surface area (Å²) in [5.74, 6) is 0.249. The van der Waals surface area contributed by atoms with Crippen LogP contribution in [0.1, 0.15) is 41.4 Å². The predicted octanol–water partition coefficient (Wildman–Crippen LogP) is 4.57. The number of furan rings is 1. The molecule has 7 nitrogen and oxygen atoms in total. The number of nitrogens with zero attached hydrogens (tertiary/aromatic N) is 1. The summed E-state index contributed by atoms with van der Waals surface area (Å²) in [6, 6.07) is 14.7. The van der Waals surface area contributed by atoms with Crippen molar-refractivity contribution in [2.24, 2.45) is 0 Å². The maximum absolute atomic E-state index is 13.2. The molecule has 0 saturated heterocycles. The van der Waals surface area contributed by atoms with Crippen molar-refractivity contribution < 1.29 is 27.9 Å². The molecule has 1 aliphatic heterocycles. The number of carbonyl (C=O) groups is 3. The SMILES string of the molecule is CCOC(=O)CCC(=O)Nc1cccc(-c2cc3c(o2)CCN(C(=O)c2ccc(F)cc2)C3)c1. The van der Waals surface area contributed by atoms with Crippen molar-refractivity contribution in [3.05, 3.63) is 77.3 Å². The van der Waals surface area contributed by atoms with E-state index >= 15 is 0 Å². The van der Waals surface area contributed by atoms with Gasteiger partial charge in [0.15, 0.2) is 0 Å². The van der Waals surface area contributed by atoms with E-state index in [0.29, 0.717) is 36.5 Å². The number of carbonyl (C=O) groups excluding carboxylic acids is 3. The van der Waals surface area contributed by atoms with Gasteiger partial charge in [0.25, 0.3) is 5.91 Å². The van der Waals surface area contributed by atoms with Gasteiger partial charge in [0.2, 0.25) is 5.91 Å². The molecule has 34 heavy (non-hydrogen) atoms. The molecule has 3 aromatic rings. The summed E-state index contributed by atoms with van der Waals surface area (Å²) < 4.78 is 24.1. The second-order valence-electron chi connectivity index (χ2n) is 7.98. The van der Waals surface area contributed by atoms with Gasteiger partial charge in [0.05, 0.1) is 13.0 Å². The molecule has 0 unspecified atom stereocenters. The first-order valence-corrected chi connectivity index (χ1v) is 11.1. The number of hydrogen-bond acceptors (Lipinski definition) is 5. The molecular weight excluding hydrogens is 439 g/mol. The lowest BCUT2D eigenvalue weighted by molar-refractivity contribution is -0.144. The fourth-order valence-electron chi connectivity index (χ4n) is 3.85. The number of fused-ring (bicyclic) bond motifs is 1. The fourth-order valence-corrected chi connectivity index (χ4v) is 3.85. The zero-order chi connectivity index (χ0) is 24.1. The van der Waals surface area contributed by atoms with Crippen LogP contribution in [0.15, 0.2) is 59.0 Å². The van der Waals surface area contributed by atoms with Gasteiger partial charge in [-0.2, -0.15) is 0 Å². The molecule has 2 heterocycles. The van der Waals surface area contributed by atoms with Crippen molar-refractivity contribution in [3.8, 4) is 11.3 Å². The molecular formula is C26H25FN2O5. The lowest BCUT2D eigenvalue weighted by Crippen LogP contribution is -2.35. The van der Waals surface area contributed by atoms with Crippen molar-refractivity contribution >= 4 is 23.5 Å². The highest BCUT2D eigenvalue weighted by Gasteiger charge is 2.25. The second-order valence-corrected chi connectivity index (χ2v) is 7.98. The Morgan fingerprint density at radius 1 is 1.09 bits per heavy atom. The molecule has 0 bridgehead atoms. The van der Waals surface area contributed by atoms with E-state index in [0.717, 1.165) is 16.9 Å². The molecule has 0 radical (unpaired) electrons. The molecule has 0 spiro atoms. The predicted molar refractivity (Wildman–Crippen MR) is 123 cm³/mol. The Labute approximate surface area is 196 Å². The van der Waals surface area contributed by atoms with Crippen molar-refractivity contribution in [3.63, 3.8) is 0 Å². The molecule has 1 N–H and O–H groups in total. The molecule has 0 saturated carbocycles. The number of ether oxygens (including phenoxy) is 1. The van der Waals surface area contributed by atoms with Crippen LogP contribution in [0.3, 0.4) is 0 Å². The molecule has 2 aromatic carbocycles. The van der Waals surface area contributed by atoms with Gasteiger partial charge in [0, 0.05) is 48.3 Å². The van der Waals surface area contributed by atoms with Crippen LogP contribution in [-0.2, 0) is 27.3 Å². The number of esters is 1. The van der Waals surface area contributed by atoms with E-state index in [1.807, 2.05) is 18.2 Å². The van der Waals surface area contributed by atoms with Crippen molar-refractivity contribution in [1.29, 1.82) is 0 Å². The number of rotatable bonds is 7. The molecule has 0 atom stereocenters. The summed E-state index contributed by atoms with van der Waals surface area (Å²) in [5, 5.41) is 2.79. The van der Waals surface area contributed by atoms with Crippen molar-refractivity contribution in [2.45, 2.75) is 32.7 Å². The number of amides is 2. The van der Waals surface area contributed by atoms with Crippen LogP contribution < -0.4 is 5.32 Å². The number of nitrogens with one attached hydrogen (secondary N) is 1. The normalized spacial score (nSPS) is 12.7. The molecule has 176 valence electrons. The monoisotopic (exact) mass is 464 g/mol. The Kier molecular flexibility index (Phi) is 7.06. The highest BCUT2D eigenvalue weighted by atomic mass is 19.1. The fraction of sp³-hybridized carbons (Fsp3) is 0.269. The number of anilines is 1. The maximum Gasteiger partial charge on any atom is 0.306 e. The molecule has 8 heteroatoms. The van der Waals surface area contributed by atoms with E-state index in [9.17, 15) is 18.8 Å². The second kappa shape index (κ2) is 10.3. The zero-order valence-electron chi connectivity index (χ0n) is 18.8. The van der Waals surface area contributed by atoms with E-state index in [2.05, 4.69) is 5.32 Å². The first-order chi connectivity index (χ1) is 16.4. The minimum absolute atomic E-state index is 0.0252. The third-order valence-corrected chi connectivity index (χ3v) is 5.54. The van der Waals surface area contributed by atoms with E-state index in [1.54, 1.807) is 24.0 Å². The van der Waals surface area contributed by atoms with E-state index in [1.165, 1.54) is 24.3 Å². The molecule has 2 amide bonds. The third kappa shape index (κ3) is 5.51. The quantitative estimate of drug-likeness (QED) is 0.518. The van der Waals surface area contributed by atoms with Crippen molar-refractivity contribution in [1.82, 2.24) is 4.90 Å². The Hall–Kier alpha value is -3.94. The van der Waals surface area contributed by atoms with Crippen LogP contribution in [0.2, 0.25) is 0 Å². The number of halogens is 1. The van der Waals surface area contributed by atoms with Crippen LogP contribution >= 0.6 is 0 Å². The average molecular weight is 464 g/mol. The van der Waals surface area contributed by atoms with Gasteiger partial charge in [-0.15, -0.1) is 0 Å². The summed E-state index contributed by atoms with van der Waals surface area (Å²) in [4.78, 5) is 38.1. The van der Waals surface area contributed by atoms with E-state index in [-0.39, 0.29) is 37.1 Å². The average Bonchev–Trinajstić information content (AvgIpc) is 3.27. The smallest absolute Gasteiger partial charge is 0.306 e. The Morgan fingerprint density at radius 3 is 2.65 bits per heavy atom. The summed E-state index contributed by atoms with van der Waals surface area (Å²) in [5.41, 5.74) is 2.74. The van der Waals surface area contributed by atoms with Gasteiger partial charge in [-0.3, -0.25) is 14.4 Å². The van der Waals surface area contributed by atoms with Crippen LogP contribution in [-0.4, -0.2) is 35.8 Å². The largest absolute Gasteiger partial charge is 0.466 e. The topological polar surface area (TPSA) is 88.8 Å².